The minimum atomic E-state index is -3.18. The van der Waals surface area contributed by atoms with Crippen molar-refractivity contribution in [2.24, 2.45) is 5.92 Å². The van der Waals surface area contributed by atoms with E-state index >= 15 is 0 Å². The molecule has 1 unspecified atom stereocenters. The Morgan fingerprint density at radius 2 is 1.88 bits per heavy atom. The predicted molar refractivity (Wildman–Crippen MR) is 135 cm³/mol. The topological polar surface area (TPSA) is 93.1 Å². The Bertz CT molecular complexity index is 1300. The first-order valence-electron chi connectivity index (χ1n) is 11.5. The summed E-state index contributed by atoms with van der Waals surface area (Å²) in [6.07, 6.45) is 7.39. The zero-order valence-corrected chi connectivity index (χ0v) is 22.0. The summed E-state index contributed by atoms with van der Waals surface area (Å²) >= 11 is 3.27. The molecule has 2 aliphatic rings. The molecule has 7 nitrogen and oxygen atoms in total. The zero-order valence-electron chi connectivity index (χ0n) is 19.5. The molecule has 2 fully saturated rings. The van der Waals surface area contributed by atoms with Gasteiger partial charge in [-0.2, -0.15) is 4.31 Å². The van der Waals surface area contributed by atoms with E-state index in [0.29, 0.717) is 18.4 Å². The van der Waals surface area contributed by atoms with E-state index in [0.717, 1.165) is 57.7 Å². The SMILES string of the molecule is Cc1nc(C)c(-c2csc(Cc3ccc(C(=O)CC4C[C@H]5CC[C@@H](C4)N5S(C)(=O)=O)cn3)n2)s1. The second-order valence-corrected chi connectivity index (χ2v) is 13.5. The molecular formula is C24H28N4O3S3. The minimum Gasteiger partial charge on any atom is -0.294 e. The molecule has 0 N–H and O–H groups in total. The number of ketones is 1. The average Bonchev–Trinajstić information content (AvgIpc) is 3.44. The lowest BCUT2D eigenvalue weighted by molar-refractivity contribution is 0.0925. The molecule has 0 amide bonds. The van der Waals surface area contributed by atoms with Crippen LogP contribution < -0.4 is 0 Å². The van der Waals surface area contributed by atoms with Crippen molar-refractivity contribution in [3.05, 3.63) is 50.7 Å². The Kier molecular flexibility index (Phi) is 6.43. The molecule has 3 atom stereocenters. The summed E-state index contributed by atoms with van der Waals surface area (Å²) in [4.78, 5) is 27.8. The number of hydrogen-bond acceptors (Lipinski definition) is 8. The summed E-state index contributed by atoms with van der Waals surface area (Å²) in [7, 11) is -3.18. The van der Waals surface area contributed by atoms with E-state index in [-0.39, 0.29) is 23.8 Å². The van der Waals surface area contributed by atoms with Gasteiger partial charge in [0.15, 0.2) is 5.78 Å². The second kappa shape index (κ2) is 9.22. The number of fused-ring (bicyclic) bond motifs is 2. The van der Waals surface area contributed by atoms with Crippen LogP contribution in [0.2, 0.25) is 0 Å². The van der Waals surface area contributed by atoms with Crippen LogP contribution in [-0.4, -0.2) is 51.8 Å². The third-order valence-corrected chi connectivity index (χ3v) is 10.1. The maximum Gasteiger partial charge on any atom is 0.211 e. The molecule has 2 bridgehead atoms. The minimum absolute atomic E-state index is 0.0490. The third-order valence-electron chi connectivity index (χ3n) is 6.79. The Hall–Kier alpha value is -2.01. The molecule has 5 rings (SSSR count). The molecule has 34 heavy (non-hydrogen) atoms. The van der Waals surface area contributed by atoms with Crippen molar-refractivity contribution in [3.8, 4) is 10.6 Å². The Morgan fingerprint density at radius 1 is 1.15 bits per heavy atom. The number of aryl methyl sites for hydroxylation is 2. The molecule has 0 aliphatic carbocycles. The second-order valence-electron chi connectivity index (χ2n) is 9.43. The van der Waals surface area contributed by atoms with Crippen molar-refractivity contribution in [2.45, 2.75) is 64.5 Å². The number of hydrogen-bond donors (Lipinski definition) is 0. The smallest absolute Gasteiger partial charge is 0.211 e. The van der Waals surface area contributed by atoms with Gasteiger partial charge in [0.1, 0.15) is 0 Å². The van der Waals surface area contributed by atoms with Crippen LogP contribution in [0.4, 0.5) is 0 Å². The van der Waals surface area contributed by atoms with E-state index in [1.165, 1.54) is 6.26 Å². The summed E-state index contributed by atoms with van der Waals surface area (Å²) < 4.78 is 25.9. The van der Waals surface area contributed by atoms with Crippen LogP contribution >= 0.6 is 22.7 Å². The van der Waals surface area contributed by atoms with Gasteiger partial charge < -0.3 is 0 Å². The van der Waals surface area contributed by atoms with Crippen molar-refractivity contribution < 1.29 is 13.2 Å². The third kappa shape index (κ3) is 4.86. The normalized spacial score (nSPS) is 22.9. The maximum atomic E-state index is 12.9. The predicted octanol–water partition coefficient (Wildman–Crippen LogP) is 4.64. The lowest BCUT2D eigenvalue weighted by atomic mass is 9.87. The fourth-order valence-electron chi connectivity index (χ4n) is 5.45. The highest BCUT2D eigenvalue weighted by Gasteiger charge is 2.45. The van der Waals surface area contributed by atoms with Crippen LogP contribution in [0.3, 0.4) is 0 Å². The van der Waals surface area contributed by atoms with E-state index < -0.39 is 10.0 Å². The molecule has 180 valence electrons. The summed E-state index contributed by atoms with van der Waals surface area (Å²) in [5.41, 5.74) is 3.48. The molecule has 2 aliphatic heterocycles. The van der Waals surface area contributed by atoms with Crippen LogP contribution in [0.1, 0.15) is 63.9 Å². The van der Waals surface area contributed by atoms with E-state index in [9.17, 15) is 13.2 Å². The monoisotopic (exact) mass is 516 g/mol. The van der Waals surface area contributed by atoms with E-state index in [4.69, 9.17) is 4.98 Å². The van der Waals surface area contributed by atoms with E-state index in [1.54, 1.807) is 33.2 Å². The molecule has 3 aromatic heterocycles. The highest BCUT2D eigenvalue weighted by atomic mass is 32.2. The number of nitrogens with zero attached hydrogens (tertiary/aromatic N) is 4. The summed E-state index contributed by atoms with van der Waals surface area (Å²) in [5, 5.41) is 4.09. The zero-order chi connectivity index (χ0) is 24.0. The van der Waals surface area contributed by atoms with Gasteiger partial charge in [0.05, 0.1) is 32.5 Å². The van der Waals surface area contributed by atoms with Crippen molar-refractivity contribution in [1.29, 1.82) is 0 Å². The first-order chi connectivity index (χ1) is 16.2. The Morgan fingerprint density at radius 3 is 2.47 bits per heavy atom. The van der Waals surface area contributed by atoms with Gasteiger partial charge in [0, 0.05) is 47.8 Å². The molecule has 2 saturated heterocycles. The number of carbonyl (C=O) groups is 1. The van der Waals surface area contributed by atoms with Crippen molar-refractivity contribution in [2.75, 3.05) is 6.26 Å². The number of sulfonamides is 1. The van der Waals surface area contributed by atoms with Gasteiger partial charge in [0.25, 0.3) is 0 Å². The quantitative estimate of drug-likeness (QED) is 0.425. The maximum absolute atomic E-state index is 12.9. The summed E-state index contributed by atoms with van der Waals surface area (Å²) in [6.45, 7) is 4.01. The number of carbonyl (C=O) groups excluding carboxylic acids is 1. The first kappa shape index (κ1) is 23.7. The largest absolute Gasteiger partial charge is 0.294 e. The number of thiazole rings is 2. The van der Waals surface area contributed by atoms with E-state index in [2.05, 4.69) is 15.3 Å². The number of rotatable bonds is 7. The summed E-state index contributed by atoms with van der Waals surface area (Å²) in [6, 6.07) is 3.86. The number of pyridine rings is 1. The highest BCUT2D eigenvalue weighted by Crippen LogP contribution is 2.41. The van der Waals surface area contributed by atoms with Crippen LogP contribution in [0.15, 0.2) is 23.7 Å². The molecule has 3 aromatic rings. The standard InChI is InChI=1S/C24H28N4O3S3/c1-14-24(33-15(2)26-14)21-13-32-23(27-21)11-18-5-4-17(12-25-18)22(29)10-16-8-19-6-7-20(9-16)28(19)34(3,30)31/h4-5,12-13,16,19-20H,6-11H2,1-3H3/t16?,19-,20+. The van der Waals surface area contributed by atoms with E-state index in [1.807, 2.05) is 26.0 Å². The van der Waals surface area contributed by atoms with Gasteiger partial charge in [-0.15, -0.1) is 22.7 Å². The van der Waals surface area contributed by atoms with Crippen molar-refractivity contribution in [3.63, 3.8) is 0 Å². The molecule has 0 radical (unpaired) electrons. The Labute approximate surface area is 208 Å². The fourth-order valence-corrected chi connectivity index (χ4v) is 8.67. The highest BCUT2D eigenvalue weighted by molar-refractivity contribution is 7.88. The molecule has 10 heteroatoms. The van der Waals surface area contributed by atoms with Crippen molar-refractivity contribution in [1.82, 2.24) is 19.3 Å². The first-order valence-corrected chi connectivity index (χ1v) is 15.1. The van der Waals surface area contributed by atoms with Crippen LogP contribution in [0.25, 0.3) is 10.6 Å². The lowest BCUT2D eigenvalue weighted by Gasteiger charge is -2.36. The van der Waals surface area contributed by atoms with Gasteiger partial charge >= 0.3 is 0 Å². The molecule has 0 saturated carbocycles. The fraction of sp³-hybridized carbons (Fsp3) is 0.500. The number of piperidine rings is 1. The average molecular weight is 517 g/mol. The van der Waals surface area contributed by atoms with Crippen LogP contribution in [0, 0.1) is 19.8 Å². The molecule has 5 heterocycles. The Balaban J connectivity index is 1.20. The number of aromatic nitrogens is 3. The van der Waals surface area contributed by atoms with Gasteiger partial charge in [-0.3, -0.25) is 9.78 Å². The molecule has 0 aromatic carbocycles. The van der Waals surface area contributed by atoms with Gasteiger partial charge in [-0.05, 0) is 57.6 Å². The van der Waals surface area contributed by atoms with Crippen LogP contribution in [-0.2, 0) is 16.4 Å². The van der Waals surface area contributed by atoms with Crippen LogP contribution in [0.5, 0.6) is 0 Å². The molecule has 0 spiro atoms. The van der Waals surface area contributed by atoms with Gasteiger partial charge in [0.2, 0.25) is 10.0 Å². The van der Waals surface area contributed by atoms with Crippen molar-refractivity contribution >= 4 is 38.5 Å². The molecular weight excluding hydrogens is 488 g/mol. The number of Topliss-reactive ketones (excluding diaryl/α,β-unsaturated/α-hetero) is 1. The lowest BCUT2D eigenvalue weighted by Crippen LogP contribution is -2.46. The summed E-state index contributed by atoms with van der Waals surface area (Å²) in [5.74, 6) is 0.319. The van der Waals surface area contributed by atoms with Gasteiger partial charge in [-0.1, -0.05) is 0 Å². The van der Waals surface area contributed by atoms with Gasteiger partial charge in [-0.25, -0.2) is 18.4 Å².